The molecule has 1 unspecified atom stereocenters. The number of carbonyl (C=O) groups is 2. The molecule has 0 saturated heterocycles. The Labute approximate surface area is 155 Å². The summed E-state index contributed by atoms with van der Waals surface area (Å²) in [6.07, 6.45) is -5.32. The maximum atomic E-state index is 13.9. The topological polar surface area (TPSA) is 75.6 Å². The minimum absolute atomic E-state index is 0.611. The van der Waals surface area contributed by atoms with E-state index in [1.54, 1.807) is 5.32 Å². The molecule has 2 aromatic carbocycles. The second-order valence-electron chi connectivity index (χ2n) is 5.63. The normalized spacial score (nSPS) is 14.8. The predicted molar refractivity (Wildman–Crippen MR) is 86.1 cm³/mol. The Morgan fingerprint density at radius 2 is 1.54 bits per heavy atom. The first-order valence-corrected chi connectivity index (χ1v) is 7.71. The number of alkyl halides is 3. The number of hydrogen-bond donors (Lipinski definition) is 2. The number of benzene rings is 2. The Kier molecular flexibility index (Phi) is 6.03. The second-order valence-corrected chi connectivity index (χ2v) is 5.63. The molecule has 0 spiro atoms. The fraction of sp³-hybridized carbons (Fsp3) is 0.222. The van der Waals surface area contributed by atoms with E-state index in [4.69, 9.17) is 0 Å². The summed E-state index contributed by atoms with van der Waals surface area (Å²) in [5.74, 6) is -6.59. The quantitative estimate of drug-likeness (QED) is 0.726. The highest BCUT2D eigenvalue weighted by molar-refractivity contribution is 5.91. The fourth-order valence-corrected chi connectivity index (χ4v) is 2.70. The Morgan fingerprint density at radius 3 is 1.96 bits per heavy atom. The van der Waals surface area contributed by atoms with E-state index in [9.17, 15) is 36.6 Å². The molecule has 28 heavy (non-hydrogen) atoms. The van der Waals surface area contributed by atoms with E-state index in [2.05, 4.69) is 4.74 Å². The minimum Gasteiger partial charge on any atom is -0.479 e. The van der Waals surface area contributed by atoms with Crippen LogP contribution in [0.5, 0.6) is 0 Å². The highest BCUT2D eigenvalue weighted by atomic mass is 19.4. The van der Waals surface area contributed by atoms with Gasteiger partial charge in [0.05, 0.1) is 5.56 Å². The molecule has 5 nitrogen and oxygen atoms in total. The standard InChI is InChI=1S/C18H14F5NO4/c1-28-17(18(21,22)23,10-6-3-2-4-7-10)16(27)24-14(15(25)26)13-11(19)8-5-9-12(13)20/h2-9,14H,1H3,(H,24,27)(H,25,26)/t14-,17?/m1/s1. The van der Waals surface area contributed by atoms with Crippen LogP contribution in [0.25, 0.3) is 0 Å². The van der Waals surface area contributed by atoms with Crippen molar-refractivity contribution in [2.75, 3.05) is 7.11 Å². The van der Waals surface area contributed by atoms with Crippen LogP contribution in [-0.2, 0) is 19.9 Å². The van der Waals surface area contributed by atoms with E-state index in [0.717, 1.165) is 18.2 Å². The zero-order chi connectivity index (χ0) is 21.1. The van der Waals surface area contributed by atoms with Crippen LogP contribution >= 0.6 is 0 Å². The van der Waals surface area contributed by atoms with Gasteiger partial charge >= 0.3 is 12.1 Å². The van der Waals surface area contributed by atoms with Crippen LogP contribution in [0.1, 0.15) is 17.2 Å². The van der Waals surface area contributed by atoms with Crippen LogP contribution in [-0.4, -0.2) is 30.3 Å². The van der Waals surface area contributed by atoms with Crippen molar-refractivity contribution in [3.63, 3.8) is 0 Å². The zero-order valence-electron chi connectivity index (χ0n) is 14.3. The molecule has 2 atom stereocenters. The van der Waals surface area contributed by atoms with Gasteiger partial charge in [-0.1, -0.05) is 36.4 Å². The SMILES string of the molecule is COC(C(=O)N[C@@H](C(=O)O)c1c(F)cccc1F)(c1ccccc1)C(F)(F)F. The largest absolute Gasteiger partial charge is 0.479 e. The highest BCUT2D eigenvalue weighted by Gasteiger charge is 2.63. The van der Waals surface area contributed by atoms with Gasteiger partial charge in [0, 0.05) is 12.7 Å². The van der Waals surface area contributed by atoms with Gasteiger partial charge in [-0.05, 0) is 12.1 Å². The van der Waals surface area contributed by atoms with Gasteiger partial charge in [-0.2, -0.15) is 13.2 Å². The van der Waals surface area contributed by atoms with Gasteiger partial charge in [-0.3, -0.25) is 4.79 Å². The Hall–Kier alpha value is -3.01. The molecule has 150 valence electrons. The van der Waals surface area contributed by atoms with E-state index in [0.29, 0.717) is 19.2 Å². The lowest BCUT2D eigenvalue weighted by molar-refractivity contribution is -0.266. The molecular formula is C18H14F5NO4. The Morgan fingerprint density at radius 1 is 1.00 bits per heavy atom. The third kappa shape index (κ3) is 3.68. The number of aliphatic carboxylic acids is 1. The number of carbonyl (C=O) groups excluding carboxylic acids is 1. The van der Waals surface area contributed by atoms with Crippen molar-refractivity contribution in [1.82, 2.24) is 5.32 Å². The van der Waals surface area contributed by atoms with Crippen molar-refractivity contribution in [3.8, 4) is 0 Å². The number of halogens is 5. The summed E-state index contributed by atoms with van der Waals surface area (Å²) in [5.41, 5.74) is -5.34. The molecule has 0 heterocycles. The monoisotopic (exact) mass is 403 g/mol. The van der Waals surface area contributed by atoms with E-state index < -0.39 is 52.5 Å². The Bertz CT molecular complexity index is 852. The van der Waals surface area contributed by atoms with Gasteiger partial charge in [0.25, 0.3) is 11.5 Å². The van der Waals surface area contributed by atoms with Crippen molar-refractivity contribution in [2.24, 2.45) is 0 Å². The fourth-order valence-electron chi connectivity index (χ4n) is 2.70. The third-order valence-electron chi connectivity index (χ3n) is 4.02. The van der Waals surface area contributed by atoms with Gasteiger partial charge in [-0.15, -0.1) is 0 Å². The summed E-state index contributed by atoms with van der Waals surface area (Å²) < 4.78 is 73.9. The van der Waals surface area contributed by atoms with Crippen LogP contribution < -0.4 is 5.32 Å². The third-order valence-corrected chi connectivity index (χ3v) is 4.02. The van der Waals surface area contributed by atoms with Crippen molar-refractivity contribution in [1.29, 1.82) is 0 Å². The van der Waals surface area contributed by atoms with Crippen molar-refractivity contribution in [3.05, 3.63) is 71.3 Å². The minimum atomic E-state index is -5.32. The average molecular weight is 403 g/mol. The summed E-state index contributed by atoms with van der Waals surface area (Å²) in [7, 11) is 0.611. The summed E-state index contributed by atoms with van der Waals surface area (Å²) in [5, 5.41) is 10.8. The van der Waals surface area contributed by atoms with E-state index in [-0.39, 0.29) is 0 Å². The molecule has 0 bridgehead atoms. The molecule has 2 aromatic rings. The van der Waals surface area contributed by atoms with Crippen LogP contribution in [0.3, 0.4) is 0 Å². The first-order valence-electron chi connectivity index (χ1n) is 7.71. The number of rotatable bonds is 6. The molecule has 0 fully saturated rings. The maximum absolute atomic E-state index is 13.9. The number of methoxy groups -OCH3 is 1. The van der Waals surface area contributed by atoms with Crippen LogP contribution in [0.4, 0.5) is 22.0 Å². The average Bonchev–Trinajstić information content (AvgIpc) is 2.61. The zero-order valence-corrected chi connectivity index (χ0v) is 14.3. The van der Waals surface area contributed by atoms with Crippen LogP contribution in [0.2, 0.25) is 0 Å². The summed E-state index contributed by atoms with van der Waals surface area (Å²) in [6, 6.07) is 5.68. The molecule has 0 aliphatic heterocycles. The summed E-state index contributed by atoms with van der Waals surface area (Å²) in [4.78, 5) is 24.1. The lowest BCUT2D eigenvalue weighted by Gasteiger charge is -2.34. The number of carboxylic acids is 1. The maximum Gasteiger partial charge on any atom is 0.430 e. The number of carboxylic acid groups (broad SMARTS) is 1. The lowest BCUT2D eigenvalue weighted by atomic mass is 9.90. The van der Waals surface area contributed by atoms with Gasteiger partial charge in [0.15, 0.2) is 6.04 Å². The molecule has 1 amide bonds. The van der Waals surface area contributed by atoms with Crippen LogP contribution in [0, 0.1) is 11.6 Å². The van der Waals surface area contributed by atoms with Crippen molar-refractivity contribution >= 4 is 11.9 Å². The van der Waals surface area contributed by atoms with Gasteiger partial charge in [0.2, 0.25) is 0 Å². The smallest absolute Gasteiger partial charge is 0.430 e. The number of nitrogens with one attached hydrogen (secondary N) is 1. The molecular weight excluding hydrogens is 389 g/mol. The molecule has 2 N–H and O–H groups in total. The van der Waals surface area contributed by atoms with Crippen molar-refractivity contribution < 1.29 is 41.4 Å². The number of amides is 1. The predicted octanol–water partition coefficient (Wildman–Crippen LogP) is 3.31. The summed E-state index contributed by atoms with van der Waals surface area (Å²) in [6.45, 7) is 0. The van der Waals surface area contributed by atoms with E-state index in [1.165, 1.54) is 18.2 Å². The van der Waals surface area contributed by atoms with Crippen molar-refractivity contribution in [2.45, 2.75) is 17.8 Å². The molecule has 0 saturated carbocycles. The molecule has 10 heteroatoms. The van der Waals surface area contributed by atoms with Gasteiger partial charge < -0.3 is 15.2 Å². The number of hydrogen-bond acceptors (Lipinski definition) is 3. The Balaban J connectivity index is 2.57. The molecule has 0 aliphatic rings. The van der Waals surface area contributed by atoms with E-state index >= 15 is 0 Å². The highest BCUT2D eigenvalue weighted by Crippen LogP contribution is 2.42. The van der Waals surface area contributed by atoms with E-state index in [1.807, 2.05) is 0 Å². The van der Waals surface area contributed by atoms with Crippen LogP contribution in [0.15, 0.2) is 48.5 Å². The second kappa shape index (κ2) is 7.93. The first kappa shape index (κ1) is 21.3. The van der Waals surface area contributed by atoms with Gasteiger partial charge in [0.1, 0.15) is 11.6 Å². The molecule has 0 aromatic heterocycles. The van der Waals surface area contributed by atoms with Gasteiger partial charge in [-0.25, -0.2) is 13.6 Å². The molecule has 2 rings (SSSR count). The lowest BCUT2D eigenvalue weighted by Crippen LogP contribution is -2.57. The molecule has 0 radical (unpaired) electrons. The molecule has 0 aliphatic carbocycles. The number of ether oxygens (including phenoxy) is 1. The summed E-state index contributed by atoms with van der Waals surface area (Å²) >= 11 is 0. The first-order chi connectivity index (χ1) is 13.1.